The first-order chi connectivity index (χ1) is 14.1. The van der Waals surface area contributed by atoms with Gasteiger partial charge in [0.25, 0.3) is 11.8 Å². The molecule has 1 saturated heterocycles. The van der Waals surface area contributed by atoms with Crippen LogP contribution in [0.2, 0.25) is 0 Å². The number of hydrogen-bond acceptors (Lipinski definition) is 5. The summed E-state index contributed by atoms with van der Waals surface area (Å²) in [5, 5.41) is 2.79. The molecule has 2 heterocycles. The molecule has 2 amide bonds. The van der Waals surface area contributed by atoms with Crippen LogP contribution in [0, 0.1) is 6.92 Å². The molecule has 0 atom stereocenters. The van der Waals surface area contributed by atoms with E-state index in [1.165, 1.54) is 17.4 Å². The van der Waals surface area contributed by atoms with Crippen LogP contribution in [-0.2, 0) is 4.74 Å². The molecule has 0 radical (unpaired) electrons. The Hall–Kier alpha value is -2.93. The van der Waals surface area contributed by atoms with Gasteiger partial charge in [0.15, 0.2) is 0 Å². The topological polar surface area (TPSA) is 74.8 Å². The number of piperazine rings is 1. The van der Waals surface area contributed by atoms with Crippen molar-refractivity contribution in [3.8, 4) is 0 Å². The minimum Gasteiger partial charge on any atom is -0.385 e. The molecule has 1 aromatic heterocycles. The molecule has 0 bridgehead atoms. The Morgan fingerprint density at radius 1 is 1.14 bits per heavy atom. The number of pyridine rings is 1. The zero-order valence-corrected chi connectivity index (χ0v) is 17.1. The number of rotatable bonds is 7. The number of ether oxygens (including phenoxy) is 1. The van der Waals surface area contributed by atoms with Crippen molar-refractivity contribution in [2.45, 2.75) is 13.3 Å². The highest BCUT2D eigenvalue weighted by Crippen LogP contribution is 2.18. The molecule has 0 unspecified atom stereocenters. The maximum atomic E-state index is 12.9. The van der Waals surface area contributed by atoms with Crippen molar-refractivity contribution in [2.24, 2.45) is 0 Å². The van der Waals surface area contributed by atoms with Crippen molar-refractivity contribution < 1.29 is 14.3 Å². The number of carbonyl (C=O) groups excluding carboxylic acids is 2. The highest BCUT2D eigenvalue weighted by molar-refractivity contribution is 5.98. The van der Waals surface area contributed by atoms with Crippen LogP contribution in [0.4, 0.5) is 5.69 Å². The zero-order valence-electron chi connectivity index (χ0n) is 17.1. The van der Waals surface area contributed by atoms with Crippen LogP contribution in [0.3, 0.4) is 0 Å². The van der Waals surface area contributed by atoms with E-state index in [4.69, 9.17) is 4.74 Å². The predicted octanol–water partition coefficient (Wildman–Crippen LogP) is 2.12. The van der Waals surface area contributed by atoms with Crippen molar-refractivity contribution in [1.82, 2.24) is 15.2 Å². The number of anilines is 1. The molecular weight excluding hydrogens is 368 g/mol. The second-order valence-electron chi connectivity index (χ2n) is 7.15. The summed E-state index contributed by atoms with van der Waals surface area (Å²) in [4.78, 5) is 33.4. The van der Waals surface area contributed by atoms with Crippen molar-refractivity contribution in [3.63, 3.8) is 0 Å². The van der Waals surface area contributed by atoms with E-state index < -0.39 is 0 Å². The highest BCUT2D eigenvalue weighted by atomic mass is 16.5. The van der Waals surface area contributed by atoms with E-state index in [-0.39, 0.29) is 17.5 Å². The SMILES string of the molecule is COCCCNC(=O)c1cc(C(=O)N2CCN(c3cccc(C)c3)CC2)ccn1. The van der Waals surface area contributed by atoms with Gasteiger partial charge in [-0.2, -0.15) is 0 Å². The maximum absolute atomic E-state index is 12.9. The summed E-state index contributed by atoms with van der Waals surface area (Å²) in [6, 6.07) is 11.6. The van der Waals surface area contributed by atoms with Gasteiger partial charge in [-0.3, -0.25) is 14.6 Å². The predicted molar refractivity (Wildman–Crippen MR) is 112 cm³/mol. The van der Waals surface area contributed by atoms with Gasteiger partial charge in [0.05, 0.1) is 0 Å². The Morgan fingerprint density at radius 2 is 1.93 bits per heavy atom. The normalized spacial score (nSPS) is 14.0. The van der Waals surface area contributed by atoms with Crippen LogP contribution in [0.25, 0.3) is 0 Å². The van der Waals surface area contributed by atoms with Crippen LogP contribution < -0.4 is 10.2 Å². The number of aromatic nitrogens is 1. The molecule has 7 nitrogen and oxygen atoms in total. The highest BCUT2D eigenvalue weighted by Gasteiger charge is 2.23. The lowest BCUT2D eigenvalue weighted by Crippen LogP contribution is -2.48. The van der Waals surface area contributed by atoms with Gasteiger partial charge < -0.3 is 19.9 Å². The number of nitrogens with zero attached hydrogens (tertiary/aromatic N) is 3. The van der Waals surface area contributed by atoms with E-state index in [1.54, 1.807) is 19.2 Å². The molecular formula is C22H28N4O3. The van der Waals surface area contributed by atoms with Gasteiger partial charge in [0.2, 0.25) is 0 Å². The standard InChI is InChI=1S/C22H28N4O3/c1-17-5-3-6-19(15-17)25-10-12-26(13-11-25)22(28)18-7-9-23-20(16-18)21(27)24-8-4-14-29-2/h3,5-7,9,15-16H,4,8,10-14H2,1-2H3,(H,24,27). The number of methoxy groups -OCH3 is 1. The molecule has 7 heteroatoms. The third-order valence-corrected chi connectivity index (χ3v) is 4.98. The summed E-state index contributed by atoms with van der Waals surface area (Å²) in [7, 11) is 1.62. The maximum Gasteiger partial charge on any atom is 0.269 e. The fraction of sp³-hybridized carbons (Fsp3) is 0.409. The molecule has 29 heavy (non-hydrogen) atoms. The van der Waals surface area contributed by atoms with E-state index in [2.05, 4.69) is 46.4 Å². The number of nitrogens with one attached hydrogen (secondary N) is 1. The van der Waals surface area contributed by atoms with Crippen LogP contribution >= 0.6 is 0 Å². The van der Waals surface area contributed by atoms with Crippen molar-refractivity contribution >= 4 is 17.5 Å². The van der Waals surface area contributed by atoms with Crippen LogP contribution in [0.15, 0.2) is 42.6 Å². The van der Waals surface area contributed by atoms with E-state index in [9.17, 15) is 9.59 Å². The summed E-state index contributed by atoms with van der Waals surface area (Å²) in [6.07, 6.45) is 2.24. The fourth-order valence-electron chi connectivity index (χ4n) is 3.37. The lowest BCUT2D eigenvalue weighted by atomic mass is 10.1. The molecule has 2 aromatic rings. The quantitative estimate of drug-likeness (QED) is 0.726. The van der Waals surface area contributed by atoms with Gasteiger partial charge in [-0.15, -0.1) is 0 Å². The average molecular weight is 396 g/mol. The average Bonchev–Trinajstić information content (AvgIpc) is 2.76. The Kier molecular flexibility index (Phi) is 7.19. The second-order valence-corrected chi connectivity index (χ2v) is 7.15. The molecule has 154 valence electrons. The van der Waals surface area contributed by atoms with Crippen LogP contribution in [0.5, 0.6) is 0 Å². The Balaban J connectivity index is 1.57. The minimum atomic E-state index is -0.278. The van der Waals surface area contributed by atoms with Crippen molar-refractivity contribution in [1.29, 1.82) is 0 Å². The van der Waals surface area contributed by atoms with Gasteiger partial charge in [-0.1, -0.05) is 12.1 Å². The third-order valence-electron chi connectivity index (χ3n) is 4.98. The van der Waals surface area contributed by atoms with Gasteiger partial charge in [0, 0.05) is 63.9 Å². The van der Waals surface area contributed by atoms with Gasteiger partial charge in [-0.25, -0.2) is 0 Å². The number of carbonyl (C=O) groups is 2. The smallest absolute Gasteiger partial charge is 0.269 e. The molecule has 3 rings (SSSR count). The number of aryl methyl sites for hydroxylation is 1. The van der Waals surface area contributed by atoms with Crippen molar-refractivity contribution in [3.05, 3.63) is 59.4 Å². The van der Waals surface area contributed by atoms with E-state index in [1.807, 2.05) is 4.90 Å². The Morgan fingerprint density at radius 3 is 2.66 bits per heavy atom. The molecule has 0 spiro atoms. The molecule has 1 aliphatic heterocycles. The number of amides is 2. The first-order valence-corrected chi connectivity index (χ1v) is 9.92. The number of hydrogen-bond donors (Lipinski definition) is 1. The van der Waals surface area contributed by atoms with Crippen molar-refractivity contribution in [2.75, 3.05) is 51.3 Å². The first kappa shape index (κ1) is 20.8. The van der Waals surface area contributed by atoms with E-state index >= 15 is 0 Å². The van der Waals surface area contributed by atoms with E-state index in [0.29, 0.717) is 31.8 Å². The van der Waals surface area contributed by atoms with E-state index in [0.717, 1.165) is 19.5 Å². The third kappa shape index (κ3) is 5.54. The lowest BCUT2D eigenvalue weighted by molar-refractivity contribution is 0.0746. The minimum absolute atomic E-state index is 0.0651. The molecule has 1 aliphatic rings. The summed E-state index contributed by atoms with van der Waals surface area (Å²) < 4.78 is 4.97. The fourth-order valence-corrected chi connectivity index (χ4v) is 3.37. The van der Waals surface area contributed by atoms with Gasteiger partial charge in [-0.05, 0) is 43.2 Å². The first-order valence-electron chi connectivity index (χ1n) is 9.92. The largest absolute Gasteiger partial charge is 0.385 e. The monoisotopic (exact) mass is 396 g/mol. The Labute approximate surface area is 171 Å². The van der Waals surface area contributed by atoms with Gasteiger partial charge in [0.1, 0.15) is 5.69 Å². The summed E-state index contributed by atoms with van der Waals surface area (Å²) in [5.41, 5.74) is 3.16. The summed E-state index contributed by atoms with van der Waals surface area (Å²) in [5.74, 6) is -0.343. The summed E-state index contributed by atoms with van der Waals surface area (Å²) >= 11 is 0. The Bertz CT molecular complexity index is 847. The number of benzene rings is 1. The molecule has 1 fully saturated rings. The summed E-state index contributed by atoms with van der Waals surface area (Å²) in [6.45, 7) is 6.04. The molecule has 1 N–H and O–H groups in total. The second kappa shape index (κ2) is 10.0. The van der Waals surface area contributed by atoms with Crippen LogP contribution in [-0.4, -0.2) is 68.1 Å². The van der Waals surface area contributed by atoms with Crippen LogP contribution in [0.1, 0.15) is 32.8 Å². The van der Waals surface area contributed by atoms with Gasteiger partial charge >= 0.3 is 0 Å². The molecule has 0 saturated carbocycles. The molecule has 0 aliphatic carbocycles. The zero-order chi connectivity index (χ0) is 20.6. The lowest BCUT2D eigenvalue weighted by Gasteiger charge is -2.36. The molecule has 1 aromatic carbocycles.